The maximum Gasteiger partial charge on any atom is 0.145 e. The number of hydrogen-bond acceptors (Lipinski definition) is 4. The summed E-state index contributed by atoms with van der Waals surface area (Å²) in [5, 5.41) is 4.42. The first-order chi connectivity index (χ1) is 9.78. The number of fused-ring (bicyclic) bond motifs is 1. The van der Waals surface area contributed by atoms with Crippen LogP contribution in [0.3, 0.4) is 0 Å². The van der Waals surface area contributed by atoms with Crippen LogP contribution in [0, 0.1) is 0 Å². The molecular weight excluding hydrogens is 252 g/mol. The first kappa shape index (κ1) is 13.0. The fraction of sp³-hybridized carbons (Fsp3) is 0.438. The molecule has 0 bridgehead atoms. The molecule has 0 aliphatic heterocycles. The van der Waals surface area contributed by atoms with Crippen LogP contribution in [-0.4, -0.2) is 25.7 Å². The third-order valence-electron chi connectivity index (χ3n) is 3.71. The minimum Gasteiger partial charge on any atom is -0.496 e. The van der Waals surface area contributed by atoms with Gasteiger partial charge in [0.1, 0.15) is 17.0 Å². The summed E-state index contributed by atoms with van der Waals surface area (Å²) in [7, 11) is 3.37. The van der Waals surface area contributed by atoms with E-state index in [4.69, 9.17) is 14.5 Å². The molecule has 1 N–H and O–H groups in total. The van der Waals surface area contributed by atoms with Crippen LogP contribution in [0.1, 0.15) is 31.4 Å². The van der Waals surface area contributed by atoms with Gasteiger partial charge in [-0.05, 0) is 38.0 Å². The average Bonchev–Trinajstić information content (AvgIpc) is 3.30. The van der Waals surface area contributed by atoms with Crippen molar-refractivity contribution in [3.8, 4) is 11.5 Å². The molecule has 1 aromatic carbocycles. The van der Waals surface area contributed by atoms with Crippen molar-refractivity contribution in [1.29, 1.82) is 0 Å². The summed E-state index contributed by atoms with van der Waals surface area (Å²) < 4.78 is 11.0. The Morgan fingerprint density at radius 3 is 2.50 bits per heavy atom. The number of benzene rings is 1. The van der Waals surface area contributed by atoms with Crippen LogP contribution in [0.4, 0.5) is 5.69 Å². The average molecular weight is 272 g/mol. The van der Waals surface area contributed by atoms with Crippen LogP contribution in [0.15, 0.2) is 18.2 Å². The molecule has 1 aliphatic rings. The Kier molecular flexibility index (Phi) is 3.38. The lowest BCUT2D eigenvalue weighted by atomic mass is 10.1. The van der Waals surface area contributed by atoms with E-state index in [1.807, 2.05) is 12.1 Å². The first-order valence-electron chi connectivity index (χ1n) is 7.08. The van der Waals surface area contributed by atoms with Gasteiger partial charge in [-0.15, -0.1) is 0 Å². The molecule has 0 spiro atoms. The van der Waals surface area contributed by atoms with Crippen LogP contribution in [0.2, 0.25) is 0 Å². The normalized spacial score (nSPS) is 14.3. The number of hydrogen-bond donors (Lipinski definition) is 1. The van der Waals surface area contributed by atoms with Gasteiger partial charge in [0.15, 0.2) is 0 Å². The van der Waals surface area contributed by atoms with E-state index in [1.54, 1.807) is 14.2 Å². The SMILES string of the molecule is CCNc1cc(C2CC2)nc2c(OC)ccc(OC)c12. The second-order valence-corrected chi connectivity index (χ2v) is 5.09. The van der Waals surface area contributed by atoms with Crippen LogP contribution in [0.25, 0.3) is 10.9 Å². The van der Waals surface area contributed by atoms with Crippen LogP contribution in [0.5, 0.6) is 11.5 Å². The van der Waals surface area contributed by atoms with Crippen molar-refractivity contribution in [1.82, 2.24) is 4.98 Å². The fourth-order valence-electron chi connectivity index (χ4n) is 2.56. The highest BCUT2D eigenvalue weighted by molar-refractivity contribution is 6.00. The molecule has 0 saturated heterocycles. The van der Waals surface area contributed by atoms with E-state index in [0.29, 0.717) is 5.92 Å². The molecule has 0 radical (unpaired) electrons. The third kappa shape index (κ3) is 2.15. The topological polar surface area (TPSA) is 43.4 Å². The summed E-state index contributed by atoms with van der Waals surface area (Å²) in [6, 6.07) is 6.01. The Morgan fingerprint density at radius 2 is 1.90 bits per heavy atom. The maximum absolute atomic E-state index is 5.49. The highest BCUT2D eigenvalue weighted by Crippen LogP contribution is 2.44. The Balaban J connectivity index is 2.29. The molecule has 4 heteroatoms. The molecule has 106 valence electrons. The standard InChI is InChI=1S/C16H20N2O2/c1-4-17-12-9-11(10-5-6-10)18-16-14(20-3)8-7-13(19-2)15(12)16/h7-10H,4-6H2,1-3H3,(H,17,18). The van der Waals surface area contributed by atoms with Crippen LogP contribution < -0.4 is 14.8 Å². The first-order valence-corrected chi connectivity index (χ1v) is 7.08. The molecule has 3 rings (SSSR count). The van der Waals surface area contributed by atoms with Gasteiger partial charge in [-0.1, -0.05) is 0 Å². The zero-order chi connectivity index (χ0) is 14.1. The maximum atomic E-state index is 5.49. The number of aromatic nitrogens is 1. The van der Waals surface area contributed by atoms with Gasteiger partial charge in [0.2, 0.25) is 0 Å². The van der Waals surface area contributed by atoms with Crippen molar-refractivity contribution >= 4 is 16.6 Å². The summed E-state index contributed by atoms with van der Waals surface area (Å²) in [5.41, 5.74) is 3.11. The predicted octanol–water partition coefficient (Wildman–Crippen LogP) is 3.56. The van der Waals surface area contributed by atoms with E-state index in [2.05, 4.69) is 18.3 Å². The number of rotatable bonds is 5. The third-order valence-corrected chi connectivity index (χ3v) is 3.71. The van der Waals surface area contributed by atoms with Gasteiger partial charge in [-0.3, -0.25) is 0 Å². The van der Waals surface area contributed by atoms with Gasteiger partial charge in [-0.25, -0.2) is 4.98 Å². The van der Waals surface area contributed by atoms with Crippen molar-refractivity contribution in [2.75, 3.05) is 26.1 Å². The van der Waals surface area contributed by atoms with Gasteiger partial charge >= 0.3 is 0 Å². The molecule has 1 heterocycles. The van der Waals surface area contributed by atoms with Gasteiger partial charge in [0.25, 0.3) is 0 Å². The van der Waals surface area contributed by atoms with Gasteiger partial charge in [0, 0.05) is 23.8 Å². The molecule has 0 unspecified atom stereocenters. The quantitative estimate of drug-likeness (QED) is 0.903. The molecule has 1 aromatic heterocycles. The van der Waals surface area contributed by atoms with E-state index in [0.717, 1.165) is 40.3 Å². The second-order valence-electron chi connectivity index (χ2n) is 5.09. The summed E-state index contributed by atoms with van der Waals surface area (Å²) in [5.74, 6) is 2.22. The van der Waals surface area contributed by atoms with E-state index in [-0.39, 0.29) is 0 Å². The molecule has 4 nitrogen and oxygen atoms in total. The fourth-order valence-corrected chi connectivity index (χ4v) is 2.56. The number of methoxy groups -OCH3 is 2. The van der Waals surface area contributed by atoms with Gasteiger partial charge in [0.05, 0.1) is 19.6 Å². The lowest BCUT2D eigenvalue weighted by molar-refractivity contribution is 0.410. The molecular formula is C16H20N2O2. The molecule has 2 aromatic rings. The molecule has 20 heavy (non-hydrogen) atoms. The van der Waals surface area contributed by atoms with Crippen molar-refractivity contribution in [3.05, 3.63) is 23.9 Å². The van der Waals surface area contributed by atoms with Crippen molar-refractivity contribution < 1.29 is 9.47 Å². The second kappa shape index (κ2) is 5.19. The summed E-state index contributed by atoms with van der Waals surface area (Å²) in [6.07, 6.45) is 2.46. The Morgan fingerprint density at radius 1 is 1.20 bits per heavy atom. The molecule has 1 aliphatic carbocycles. The molecule has 0 amide bonds. The molecule has 0 atom stereocenters. The zero-order valence-electron chi connectivity index (χ0n) is 12.2. The van der Waals surface area contributed by atoms with Gasteiger partial charge < -0.3 is 14.8 Å². The number of ether oxygens (including phenoxy) is 2. The summed E-state index contributed by atoms with van der Waals surface area (Å²) in [4.78, 5) is 4.81. The van der Waals surface area contributed by atoms with Crippen molar-refractivity contribution in [2.24, 2.45) is 0 Å². The van der Waals surface area contributed by atoms with Crippen molar-refractivity contribution in [3.63, 3.8) is 0 Å². The lowest BCUT2D eigenvalue weighted by Gasteiger charge is -2.15. The predicted molar refractivity (Wildman–Crippen MR) is 81.0 cm³/mol. The number of nitrogens with one attached hydrogen (secondary N) is 1. The molecule has 1 saturated carbocycles. The largest absolute Gasteiger partial charge is 0.496 e. The van der Waals surface area contributed by atoms with Crippen LogP contribution in [-0.2, 0) is 0 Å². The lowest BCUT2D eigenvalue weighted by Crippen LogP contribution is -2.02. The Labute approximate surface area is 119 Å². The zero-order valence-corrected chi connectivity index (χ0v) is 12.2. The van der Waals surface area contributed by atoms with E-state index in [9.17, 15) is 0 Å². The highest BCUT2D eigenvalue weighted by atomic mass is 16.5. The van der Waals surface area contributed by atoms with Gasteiger partial charge in [-0.2, -0.15) is 0 Å². The minimum atomic E-state index is 0.604. The number of pyridine rings is 1. The van der Waals surface area contributed by atoms with Crippen molar-refractivity contribution in [2.45, 2.75) is 25.7 Å². The van der Waals surface area contributed by atoms with Crippen LogP contribution >= 0.6 is 0 Å². The summed E-state index contributed by atoms with van der Waals surface area (Å²) >= 11 is 0. The van der Waals surface area contributed by atoms with E-state index >= 15 is 0 Å². The minimum absolute atomic E-state index is 0.604. The smallest absolute Gasteiger partial charge is 0.145 e. The Hall–Kier alpha value is -1.97. The monoisotopic (exact) mass is 272 g/mol. The molecule has 1 fully saturated rings. The van der Waals surface area contributed by atoms with E-state index in [1.165, 1.54) is 12.8 Å². The Bertz CT molecular complexity index is 636. The number of nitrogens with zero attached hydrogens (tertiary/aromatic N) is 1. The number of anilines is 1. The highest BCUT2D eigenvalue weighted by Gasteiger charge is 2.27. The van der Waals surface area contributed by atoms with E-state index < -0.39 is 0 Å². The summed E-state index contributed by atoms with van der Waals surface area (Å²) in [6.45, 7) is 2.96.